The summed E-state index contributed by atoms with van der Waals surface area (Å²) < 4.78 is 2.27. The predicted molar refractivity (Wildman–Crippen MR) is 80.3 cm³/mol. The number of aromatic nitrogens is 2. The summed E-state index contributed by atoms with van der Waals surface area (Å²) >= 11 is 1.32. The summed E-state index contributed by atoms with van der Waals surface area (Å²) in [6, 6.07) is 6.10. The van der Waals surface area contributed by atoms with Gasteiger partial charge in [0.1, 0.15) is 0 Å². The number of carboxylic acid groups (broad SMARTS) is 1. The van der Waals surface area contributed by atoms with Crippen LogP contribution in [0.3, 0.4) is 0 Å². The second-order valence-corrected chi connectivity index (χ2v) is 6.65. The minimum atomic E-state index is -0.802. The number of aliphatic carboxylic acids is 1. The van der Waals surface area contributed by atoms with Crippen molar-refractivity contribution < 1.29 is 9.90 Å². The van der Waals surface area contributed by atoms with Gasteiger partial charge in [0.15, 0.2) is 5.16 Å². The van der Waals surface area contributed by atoms with Gasteiger partial charge in [-0.25, -0.2) is 4.98 Å². The fourth-order valence-electron chi connectivity index (χ4n) is 2.91. The minimum absolute atomic E-state index is 0.0540. The second-order valence-electron chi connectivity index (χ2n) is 5.71. The second kappa shape index (κ2) is 4.81. The molecule has 0 unspecified atom stereocenters. The molecule has 0 amide bonds. The molecule has 20 heavy (non-hydrogen) atoms. The largest absolute Gasteiger partial charge is 0.481 e. The van der Waals surface area contributed by atoms with Gasteiger partial charge in [0, 0.05) is 5.54 Å². The molecule has 0 aliphatic heterocycles. The standard InChI is InChI=1S/C15H18N2O2S/c1-10-5-3-6-11-13(10)17(15(2)7-4-8-15)14(16-11)20-9-12(18)19/h3,5-6H,4,7-9H2,1-2H3,(H,18,19). The minimum Gasteiger partial charge on any atom is -0.481 e. The molecule has 0 spiro atoms. The zero-order valence-electron chi connectivity index (χ0n) is 11.7. The molecule has 4 nitrogen and oxygen atoms in total. The molecule has 106 valence electrons. The van der Waals surface area contributed by atoms with Crippen LogP contribution in [0.2, 0.25) is 0 Å². The van der Waals surface area contributed by atoms with Crippen molar-refractivity contribution >= 4 is 28.8 Å². The van der Waals surface area contributed by atoms with Crippen molar-refractivity contribution in [2.24, 2.45) is 0 Å². The number of nitrogens with zero attached hydrogens (tertiary/aromatic N) is 2. The third kappa shape index (κ3) is 2.10. The van der Waals surface area contributed by atoms with E-state index in [0.717, 1.165) is 29.0 Å². The van der Waals surface area contributed by atoms with Crippen molar-refractivity contribution in [3.05, 3.63) is 23.8 Å². The van der Waals surface area contributed by atoms with Crippen LogP contribution in [0.4, 0.5) is 0 Å². The van der Waals surface area contributed by atoms with Gasteiger partial charge >= 0.3 is 5.97 Å². The highest BCUT2D eigenvalue weighted by Crippen LogP contribution is 2.44. The quantitative estimate of drug-likeness (QED) is 0.877. The van der Waals surface area contributed by atoms with Gasteiger partial charge in [-0.15, -0.1) is 0 Å². The average Bonchev–Trinajstić information content (AvgIpc) is 2.74. The molecular weight excluding hydrogens is 272 g/mol. The molecule has 1 aliphatic carbocycles. The van der Waals surface area contributed by atoms with E-state index in [1.165, 1.54) is 23.7 Å². The van der Waals surface area contributed by atoms with E-state index in [9.17, 15) is 4.79 Å². The lowest BCUT2D eigenvalue weighted by molar-refractivity contribution is -0.133. The lowest BCUT2D eigenvalue weighted by atomic mass is 9.78. The average molecular weight is 290 g/mol. The Hall–Kier alpha value is -1.49. The summed E-state index contributed by atoms with van der Waals surface area (Å²) in [7, 11) is 0. The Morgan fingerprint density at radius 1 is 1.50 bits per heavy atom. The molecule has 1 saturated carbocycles. The van der Waals surface area contributed by atoms with Crippen molar-refractivity contribution in [1.29, 1.82) is 0 Å². The van der Waals surface area contributed by atoms with Gasteiger partial charge in [-0.05, 0) is 44.7 Å². The molecule has 1 heterocycles. The van der Waals surface area contributed by atoms with Crippen molar-refractivity contribution in [2.75, 3.05) is 5.75 Å². The maximum absolute atomic E-state index is 10.8. The monoisotopic (exact) mass is 290 g/mol. The van der Waals surface area contributed by atoms with E-state index in [0.29, 0.717) is 0 Å². The molecule has 0 saturated heterocycles. The molecule has 1 aromatic heterocycles. The first kappa shape index (κ1) is 13.5. The van der Waals surface area contributed by atoms with Gasteiger partial charge in [0.25, 0.3) is 0 Å². The van der Waals surface area contributed by atoms with E-state index in [-0.39, 0.29) is 11.3 Å². The molecule has 1 N–H and O–H groups in total. The molecule has 3 rings (SSSR count). The Kier molecular flexibility index (Phi) is 3.24. The van der Waals surface area contributed by atoms with Crippen LogP contribution in [0.25, 0.3) is 11.0 Å². The smallest absolute Gasteiger partial charge is 0.313 e. The third-order valence-corrected chi connectivity index (χ3v) is 5.07. The summed E-state index contributed by atoms with van der Waals surface area (Å²) in [5.41, 5.74) is 3.40. The Morgan fingerprint density at radius 2 is 2.25 bits per heavy atom. The van der Waals surface area contributed by atoms with E-state index in [1.807, 2.05) is 12.1 Å². The Morgan fingerprint density at radius 3 is 2.85 bits per heavy atom. The zero-order valence-corrected chi connectivity index (χ0v) is 12.5. The highest BCUT2D eigenvalue weighted by Gasteiger charge is 2.37. The van der Waals surface area contributed by atoms with Crippen LogP contribution in [0.1, 0.15) is 31.7 Å². The zero-order chi connectivity index (χ0) is 14.3. The number of benzene rings is 1. The molecule has 1 aromatic carbocycles. The van der Waals surface area contributed by atoms with Crippen LogP contribution < -0.4 is 0 Å². The number of fused-ring (bicyclic) bond motifs is 1. The van der Waals surface area contributed by atoms with Crippen LogP contribution in [-0.4, -0.2) is 26.4 Å². The van der Waals surface area contributed by atoms with Crippen molar-refractivity contribution in [3.63, 3.8) is 0 Å². The maximum atomic E-state index is 10.8. The fraction of sp³-hybridized carbons (Fsp3) is 0.467. The predicted octanol–water partition coefficient (Wildman–Crippen LogP) is 3.42. The van der Waals surface area contributed by atoms with E-state index >= 15 is 0 Å². The Labute approximate surface area is 122 Å². The molecule has 0 bridgehead atoms. The first-order valence-electron chi connectivity index (χ1n) is 6.84. The van der Waals surface area contributed by atoms with Crippen molar-refractivity contribution in [2.45, 2.75) is 43.8 Å². The number of thioether (sulfide) groups is 1. The molecule has 0 atom stereocenters. The molecule has 5 heteroatoms. The first-order chi connectivity index (χ1) is 9.51. The van der Waals surface area contributed by atoms with E-state index in [4.69, 9.17) is 5.11 Å². The molecule has 2 aromatic rings. The number of para-hydroxylation sites is 1. The van der Waals surface area contributed by atoms with Crippen LogP contribution in [0.15, 0.2) is 23.4 Å². The lowest BCUT2D eigenvalue weighted by Gasteiger charge is -2.41. The summed E-state index contributed by atoms with van der Waals surface area (Å²) in [5, 5.41) is 9.74. The van der Waals surface area contributed by atoms with Gasteiger partial charge in [0.2, 0.25) is 0 Å². The van der Waals surface area contributed by atoms with E-state index in [1.54, 1.807) is 0 Å². The van der Waals surface area contributed by atoms with Gasteiger partial charge in [-0.1, -0.05) is 23.9 Å². The van der Waals surface area contributed by atoms with Gasteiger partial charge in [0.05, 0.1) is 16.8 Å². The number of carboxylic acids is 1. The summed E-state index contributed by atoms with van der Waals surface area (Å²) in [4.78, 5) is 15.5. The molecular formula is C15H18N2O2S. The lowest BCUT2D eigenvalue weighted by Crippen LogP contribution is -2.37. The molecule has 0 radical (unpaired) electrons. The Balaban J connectivity index is 2.15. The number of aryl methyl sites for hydroxylation is 1. The summed E-state index contributed by atoms with van der Waals surface area (Å²) in [6.07, 6.45) is 3.49. The Bertz CT molecular complexity index is 674. The fourth-order valence-corrected chi connectivity index (χ4v) is 3.77. The van der Waals surface area contributed by atoms with Crippen LogP contribution in [0, 0.1) is 6.92 Å². The van der Waals surface area contributed by atoms with Crippen molar-refractivity contribution in [3.8, 4) is 0 Å². The molecule has 1 aliphatic rings. The van der Waals surface area contributed by atoms with Crippen LogP contribution >= 0.6 is 11.8 Å². The van der Waals surface area contributed by atoms with E-state index in [2.05, 4.69) is 29.5 Å². The SMILES string of the molecule is Cc1cccc2nc(SCC(=O)O)n(C3(C)CCC3)c12. The van der Waals surface area contributed by atoms with Crippen LogP contribution in [0.5, 0.6) is 0 Å². The highest BCUT2D eigenvalue weighted by molar-refractivity contribution is 7.99. The highest BCUT2D eigenvalue weighted by atomic mass is 32.2. The summed E-state index contributed by atoms with van der Waals surface area (Å²) in [5.74, 6) is -0.748. The van der Waals surface area contributed by atoms with Gasteiger partial charge in [-0.2, -0.15) is 0 Å². The summed E-state index contributed by atoms with van der Waals surface area (Å²) in [6.45, 7) is 4.34. The van der Waals surface area contributed by atoms with E-state index < -0.39 is 5.97 Å². The topological polar surface area (TPSA) is 55.1 Å². The number of imidazole rings is 1. The number of carbonyl (C=O) groups is 1. The molecule has 1 fully saturated rings. The van der Waals surface area contributed by atoms with Crippen molar-refractivity contribution in [1.82, 2.24) is 9.55 Å². The number of rotatable bonds is 4. The third-order valence-electron chi connectivity index (χ3n) is 4.14. The number of hydrogen-bond acceptors (Lipinski definition) is 3. The van der Waals surface area contributed by atoms with Gasteiger partial charge in [-0.3, -0.25) is 4.79 Å². The normalized spacial score (nSPS) is 17.1. The van der Waals surface area contributed by atoms with Crippen LogP contribution in [-0.2, 0) is 10.3 Å². The first-order valence-corrected chi connectivity index (χ1v) is 7.83. The van der Waals surface area contributed by atoms with Gasteiger partial charge < -0.3 is 9.67 Å². The maximum Gasteiger partial charge on any atom is 0.313 e. The number of hydrogen-bond donors (Lipinski definition) is 1.